The Labute approximate surface area is 115 Å². The molecule has 1 aliphatic rings. The first kappa shape index (κ1) is 13.0. The number of hydrogen-bond donors (Lipinski definition) is 1. The Morgan fingerprint density at radius 1 is 1.26 bits per heavy atom. The van der Waals surface area contributed by atoms with Gasteiger partial charge in [0.1, 0.15) is 11.6 Å². The van der Waals surface area contributed by atoms with Crippen molar-refractivity contribution < 1.29 is 8.78 Å². The van der Waals surface area contributed by atoms with Gasteiger partial charge in [-0.1, -0.05) is 13.8 Å². The van der Waals surface area contributed by atoms with Gasteiger partial charge in [0.05, 0.1) is 4.70 Å². The molecule has 1 aromatic carbocycles. The number of benzene rings is 1. The second-order valence-corrected chi connectivity index (χ2v) is 6.59. The van der Waals surface area contributed by atoms with Gasteiger partial charge in [-0.2, -0.15) is 0 Å². The van der Waals surface area contributed by atoms with Crippen molar-refractivity contribution in [2.45, 2.75) is 45.2 Å². The van der Waals surface area contributed by atoms with Gasteiger partial charge in [-0.3, -0.25) is 0 Å². The van der Waals surface area contributed by atoms with E-state index in [9.17, 15) is 8.78 Å². The summed E-state index contributed by atoms with van der Waals surface area (Å²) in [6.45, 7) is 4.79. The van der Waals surface area contributed by atoms with E-state index < -0.39 is 0 Å². The van der Waals surface area contributed by atoms with Crippen molar-refractivity contribution in [2.24, 2.45) is 0 Å². The molecule has 1 N–H and O–H groups in total. The van der Waals surface area contributed by atoms with E-state index in [4.69, 9.17) is 0 Å². The molecule has 0 amide bonds. The minimum Gasteiger partial charge on any atom is -0.309 e. The molecule has 1 nitrogen and oxygen atoms in total. The first-order valence-electron chi connectivity index (χ1n) is 6.70. The predicted molar refractivity (Wildman–Crippen MR) is 75.7 cm³/mol. The van der Waals surface area contributed by atoms with Crippen molar-refractivity contribution in [3.63, 3.8) is 0 Å². The molecule has 3 rings (SSSR count). The van der Waals surface area contributed by atoms with Crippen LogP contribution < -0.4 is 5.32 Å². The standard InChI is InChI=1S/C15H17F2NS/c1-8(2)13-12(7-18-9-3-4-9)19-15-11(17)6-5-10(16)14(13)15/h5-6,8-9,18H,3-4,7H2,1-2H3. The van der Waals surface area contributed by atoms with Crippen LogP contribution in [0.1, 0.15) is 43.0 Å². The van der Waals surface area contributed by atoms with Crippen molar-refractivity contribution in [3.8, 4) is 0 Å². The molecule has 1 aliphatic carbocycles. The summed E-state index contributed by atoms with van der Waals surface area (Å²) in [4.78, 5) is 1.07. The molecule has 4 heteroatoms. The summed E-state index contributed by atoms with van der Waals surface area (Å²) < 4.78 is 28.3. The zero-order chi connectivity index (χ0) is 13.6. The van der Waals surface area contributed by atoms with Gasteiger partial charge in [-0.15, -0.1) is 11.3 Å². The van der Waals surface area contributed by atoms with Crippen LogP contribution in [0.25, 0.3) is 10.1 Å². The van der Waals surface area contributed by atoms with Crippen molar-refractivity contribution in [1.29, 1.82) is 0 Å². The molecule has 1 saturated carbocycles. The highest BCUT2D eigenvalue weighted by atomic mass is 32.1. The molecule has 0 atom stereocenters. The van der Waals surface area contributed by atoms with Gasteiger partial charge in [0.15, 0.2) is 0 Å². The molecule has 1 aromatic heterocycles. The molecular formula is C15H17F2NS. The normalized spacial score (nSPS) is 15.6. The van der Waals surface area contributed by atoms with Crippen molar-refractivity contribution in [1.82, 2.24) is 5.32 Å². The molecule has 0 unspecified atom stereocenters. The molecule has 1 heterocycles. The van der Waals surface area contributed by atoms with Crippen LogP contribution in [0.15, 0.2) is 12.1 Å². The number of fused-ring (bicyclic) bond motifs is 1. The van der Waals surface area contributed by atoms with Crippen molar-refractivity contribution in [2.75, 3.05) is 0 Å². The quantitative estimate of drug-likeness (QED) is 0.866. The zero-order valence-corrected chi connectivity index (χ0v) is 11.9. The molecule has 102 valence electrons. The summed E-state index contributed by atoms with van der Waals surface area (Å²) in [5.41, 5.74) is 0.963. The number of rotatable bonds is 4. The maximum Gasteiger partial charge on any atom is 0.141 e. The minimum absolute atomic E-state index is 0.195. The Morgan fingerprint density at radius 3 is 2.58 bits per heavy atom. The smallest absolute Gasteiger partial charge is 0.141 e. The van der Waals surface area contributed by atoms with Gasteiger partial charge < -0.3 is 5.32 Å². The second-order valence-electron chi connectivity index (χ2n) is 5.48. The molecule has 1 fully saturated rings. The van der Waals surface area contributed by atoms with E-state index in [-0.39, 0.29) is 17.6 Å². The fourth-order valence-electron chi connectivity index (χ4n) is 2.47. The molecule has 0 aliphatic heterocycles. The topological polar surface area (TPSA) is 12.0 Å². The van der Waals surface area contributed by atoms with Gasteiger partial charge >= 0.3 is 0 Å². The Morgan fingerprint density at radius 2 is 1.95 bits per heavy atom. The third kappa shape index (κ3) is 2.39. The molecule has 0 spiro atoms. The Kier molecular flexibility index (Phi) is 3.31. The average molecular weight is 281 g/mol. The van der Waals surface area contributed by atoms with E-state index in [2.05, 4.69) is 5.32 Å². The first-order chi connectivity index (χ1) is 9.08. The Hall–Kier alpha value is -1.00. The Balaban J connectivity index is 2.11. The van der Waals surface area contributed by atoms with Crippen LogP contribution in [-0.4, -0.2) is 6.04 Å². The van der Waals surface area contributed by atoms with Gasteiger partial charge in [0, 0.05) is 22.8 Å². The minimum atomic E-state index is -0.319. The average Bonchev–Trinajstić information content (AvgIpc) is 3.10. The summed E-state index contributed by atoms with van der Waals surface area (Å²) in [5, 5.41) is 3.91. The molecule has 2 aromatic rings. The lowest BCUT2D eigenvalue weighted by molar-refractivity contribution is 0.617. The van der Waals surface area contributed by atoms with Crippen LogP contribution in [-0.2, 0) is 6.54 Å². The van der Waals surface area contributed by atoms with Gasteiger partial charge in [0.2, 0.25) is 0 Å². The summed E-state index contributed by atoms with van der Waals surface area (Å²) >= 11 is 1.39. The van der Waals surface area contributed by atoms with E-state index in [1.165, 1.54) is 36.3 Å². The van der Waals surface area contributed by atoms with E-state index >= 15 is 0 Å². The number of thiophene rings is 1. The summed E-state index contributed by atoms with van der Waals surface area (Å²) in [7, 11) is 0. The molecule has 0 radical (unpaired) electrons. The van der Waals surface area contributed by atoms with Gasteiger partial charge in [-0.05, 0) is 36.5 Å². The largest absolute Gasteiger partial charge is 0.309 e. The highest BCUT2D eigenvalue weighted by molar-refractivity contribution is 7.19. The van der Waals surface area contributed by atoms with Crippen LogP contribution in [0.2, 0.25) is 0 Å². The van der Waals surface area contributed by atoms with Crippen LogP contribution in [0.5, 0.6) is 0 Å². The van der Waals surface area contributed by atoms with Crippen LogP contribution in [0, 0.1) is 11.6 Å². The van der Waals surface area contributed by atoms with Crippen LogP contribution in [0.3, 0.4) is 0 Å². The highest BCUT2D eigenvalue weighted by Gasteiger charge is 2.24. The van der Waals surface area contributed by atoms with E-state index in [0.717, 1.165) is 17.0 Å². The fraction of sp³-hybridized carbons (Fsp3) is 0.467. The third-order valence-corrected chi connectivity index (χ3v) is 4.77. The van der Waals surface area contributed by atoms with E-state index in [0.29, 0.717) is 16.1 Å². The van der Waals surface area contributed by atoms with Crippen LogP contribution in [0.4, 0.5) is 8.78 Å². The lowest BCUT2D eigenvalue weighted by atomic mass is 9.99. The molecule has 19 heavy (non-hydrogen) atoms. The maximum absolute atomic E-state index is 14.0. The highest BCUT2D eigenvalue weighted by Crippen LogP contribution is 2.39. The van der Waals surface area contributed by atoms with Crippen molar-refractivity contribution in [3.05, 3.63) is 34.2 Å². The summed E-state index contributed by atoms with van der Waals surface area (Å²) in [6.07, 6.45) is 2.43. The summed E-state index contributed by atoms with van der Waals surface area (Å²) in [5.74, 6) is -0.434. The fourth-order valence-corrected chi connectivity index (χ4v) is 3.79. The lowest BCUT2D eigenvalue weighted by Crippen LogP contribution is -2.15. The lowest BCUT2D eigenvalue weighted by Gasteiger charge is -2.09. The number of halogens is 2. The molecular weight excluding hydrogens is 264 g/mol. The third-order valence-electron chi connectivity index (χ3n) is 3.56. The monoisotopic (exact) mass is 281 g/mol. The Bertz CT molecular complexity index is 614. The molecule has 0 bridgehead atoms. The maximum atomic E-state index is 14.0. The summed E-state index contributed by atoms with van der Waals surface area (Å²) in [6, 6.07) is 3.05. The SMILES string of the molecule is CC(C)c1c(CNC2CC2)sc2c(F)ccc(F)c12. The molecule has 0 saturated heterocycles. The van der Waals surface area contributed by atoms with E-state index in [1.54, 1.807) is 0 Å². The van der Waals surface area contributed by atoms with Crippen LogP contribution >= 0.6 is 11.3 Å². The predicted octanol–water partition coefficient (Wildman–Crippen LogP) is 4.55. The number of nitrogens with one attached hydrogen (secondary N) is 1. The van der Waals surface area contributed by atoms with E-state index in [1.807, 2.05) is 13.8 Å². The first-order valence-corrected chi connectivity index (χ1v) is 7.52. The van der Waals surface area contributed by atoms with Crippen molar-refractivity contribution >= 4 is 21.4 Å². The van der Waals surface area contributed by atoms with Gasteiger partial charge in [0.25, 0.3) is 0 Å². The second kappa shape index (κ2) is 4.84. The van der Waals surface area contributed by atoms with Gasteiger partial charge in [-0.25, -0.2) is 8.78 Å². The zero-order valence-electron chi connectivity index (χ0n) is 11.1. The number of hydrogen-bond acceptors (Lipinski definition) is 2.